The molecule has 2 aromatic rings. The van der Waals surface area contributed by atoms with Gasteiger partial charge in [-0.15, -0.1) is 0 Å². The van der Waals surface area contributed by atoms with E-state index in [1.54, 1.807) is 0 Å². The highest BCUT2D eigenvalue weighted by Crippen LogP contribution is 2.26. The lowest BCUT2D eigenvalue weighted by molar-refractivity contribution is 0.245. The molecule has 21 heavy (non-hydrogen) atoms. The van der Waals surface area contributed by atoms with Crippen LogP contribution >= 0.6 is 15.9 Å². The molecular formula is C14H16BrNO4S. The quantitative estimate of drug-likeness (QED) is 0.815. The zero-order valence-corrected chi connectivity index (χ0v) is 13.9. The van der Waals surface area contributed by atoms with Gasteiger partial charge in [0.25, 0.3) is 0 Å². The van der Waals surface area contributed by atoms with Crippen molar-refractivity contribution in [1.29, 1.82) is 0 Å². The van der Waals surface area contributed by atoms with Gasteiger partial charge < -0.3 is 9.52 Å². The Morgan fingerprint density at radius 2 is 1.95 bits per heavy atom. The number of aliphatic hydroxyl groups excluding tert-OH is 1. The maximum atomic E-state index is 12.3. The van der Waals surface area contributed by atoms with Crippen LogP contribution < -0.4 is 4.72 Å². The number of aryl methyl sites for hydroxylation is 1. The Kier molecular flexibility index (Phi) is 5.21. The molecule has 5 nitrogen and oxygen atoms in total. The highest BCUT2D eigenvalue weighted by molar-refractivity contribution is 9.10. The maximum Gasteiger partial charge on any atom is 0.245 e. The first-order valence-electron chi connectivity index (χ1n) is 6.43. The van der Waals surface area contributed by atoms with Gasteiger partial charge in [-0.25, -0.2) is 13.1 Å². The standard InChI is InChI=1S/C14H16BrNO4S/c1-2-10-5-3-4-6-11(10)8-16-21(18,19)13-7-12(9-17)20-14(13)15/h3-7,16-17H,2,8-9H2,1H3. The molecule has 0 spiro atoms. The zero-order valence-electron chi connectivity index (χ0n) is 11.5. The molecule has 7 heteroatoms. The molecule has 1 aromatic carbocycles. The van der Waals surface area contributed by atoms with E-state index in [1.165, 1.54) is 6.07 Å². The summed E-state index contributed by atoms with van der Waals surface area (Å²) >= 11 is 3.05. The van der Waals surface area contributed by atoms with E-state index in [0.717, 1.165) is 17.5 Å². The first-order valence-corrected chi connectivity index (χ1v) is 8.71. The van der Waals surface area contributed by atoms with Gasteiger partial charge in [-0.3, -0.25) is 0 Å². The summed E-state index contributed by atoms with van der Waals surface area (Å²) < 4.78 is 32.3. The van der Waals surface area contributed by atoms with Crippen molar-refractivity contribution in [2.45, 2.75) is 31.4 Å². The van der Waals surface area contributed by atoms with Crippen LogP contribution in [0.25, 0.3) is 0 Å². The van der Waals surface area contributed by atoms with Crippen LogP contribution in [0.4, 0.5) is 0 Å². The molecule has 0 aliphatic heterocycles. The summed E-state index contributed by atoms with van der Waals surface area (Å²) in [5.74, 6) is 0.191. The third kappa shape index (κ3) is 3.74. The van der Waals surface area contributed by atoms with Gasteiger partial charge in [0, 0.05) is 12.6 Å². The van der Waals surface area contributed by atoms with Gasteiger partial charge in [0.1, 0.15) is 17.3 Å². The molecule has 0 aliphatic rings. The number of aliphatic hydroxyl groups is 1. The summed E-state index contributed by atoms with van der Waals surface area (Å²) in [6, 6.07) is 8.97. The molecule has 0 saturated heterocycles. The summed E-state index contributed by atoms with van der Waals surface area (Å²) in [5.41, 5.74) is 2.04. The van der Waals surface area contributed by atoms with E-state index in [1.807, 2.05) is 31.2 Å². The van der Waals surface area contributed by atoms with E-state index in [-0.39, 0.29) is 28.5 Å². The second kappa shape index (κ2) is 6.74. The van der Waals surface area contributed by atoms with Gasteiger partial charge in [0.2, 0.25) is 10.0 Å². The Hall–Kier alpha value is -1.15. The Bertz CT molecular complexity index is 724. The highest BCUT2D eigenvalue weighted by Gasteiger charge is 2.22. The molecule has 1 heterocycles. The summed E-state index contributed by atoms with van der Waals surface area (Å²) in [6.07, 6.45) is 0.835. The van der Waals surface area contributed by atoms with E-state index >= 15 is 0 Å². The lowest BCUT2D eigenvalue weighted by Gasteiger charge is -2.09. The summed E-state index contributed by atoms with van der Waals surface area (Å²) in [7, 11) is -3.71. The first kappa shape index (κ1) is 16.2. The minimum absolute atomic E-state index is 0.0134. The van der Waals surface area contributed by atoms with E-state index in [2.05, 4.69) is 20.7 Å². The predicted octanol–water partition coefficient (Wildman–Crippen LogP) is 2.58. The molecule has 0 radical (unpaired) electrons. The lowest BCUT2D eigenvalue weighted by Crippen LogP contribution is -2.23. The minimum Gasteiger partial charge on any atom is -0.450 e. The fourth-order valence-electron chi connectivity index (χ4n) is 1.98. The van der Waals surface area contributed by atoms with Crippen molar-refractivity contribution in [2.24, 2.45) is 0 Å². The monoisotopic (exact) mass is 373 g/mol. The van der Waals surface area contributed by atoms with Crippen LogP contribution in [0.15, 0.2) is 44.3 Å². The number of nitrogens with one attached hydrogen (secondary N) is 1. The second-order valence-corrected chi connectivity index (χ2v) is 6.91. The van der Waals surface area contributed by atoms with E-state index in [4.69, 9.17) is 9.52 Å². The van der Waals surface area contributed by atoms with Gasteiger partial charge in [0.15, 0.2) is 4.67 Å². The first-order chi connectivity index (χ1) is 9.97. The van der Waals surface area contributed by atoms with Crippen molar-refractivity contribution in [1.82, 2.24) is 4.72 Å². The molecule has 0 atom stereocenters. The number of furan rings is 1. The highest BCUT2D eigenvalue weighted by atomic mass is 79.9. The van der Waals surface area contributed by atoms with Crippen LogP contribution in [0.2, 0.25) is 0 Å². The van der Waals surface area contributed by atoms with Crippen molar-refractivity contribution in [3.63, 3.8) is 0 Å². The predicted molar refractivity (Wildman–Crippen MR) is 82.2 cm³/mol. The van der Waals surface area contributed by atoms with Gasteiger partial charge in [-0.2, -0.15) is 0 Å². The van der Waals surface area contributed by atoms with Crippen molar-refractivity contribution in [2.75, 3.05) is 0 Å². The summed E-state index contributed by atoms with van der Waals surface area (Å²) in [6.45, 7) is 1.87. The van der Waals surface area contributed by atoms with E-state index < -0.39 is 10.0 Å². The average Bonchev–Trinajstić information content (AvgIpc) is 2.87. The van der Waals surface area contributed by atoms with E-state index in [9.17, 15) is 8.42 Å². The average molecular weight is 374 g/mol. The number of rotatable bonds is 6. The Labute approximate surface area is 132 Å². The number of benzene rings is 1. The Morgan fingerprint density at radius 3 is 2.52 bits per heavy atom. The number of sulfonamides is 1. The summed E-state index contributed by atoms with van der Waals surface area (Å²) in [4.78, 5) is -0.0134. The second-order valence-electron chi connectivity index (χ2n) is 4.46. The Morgan fingerprint density at radius 1 is 1.29 bits per heavy atom. The molecule has 114 valence electrons. The van der Waals surface area contributed by atoms with Gasteiger partial charge in [-0.05, 0) is 33.5 Å². The van der Waals surface area contributed by atoms with Gasteiger partial charge in [0.05, 0.1) is 0 Å². The largest absolute Gasteiger partial charge is 0.450 e. The molecule has 2 rings (SSSR count). The van der Waals surface area contributed by atoms with Crippen molar-refractivity contribution in [3.8, 4) is 0 Å². The molecule has 0 fully saturated rings. The molecule has 2 N–H and O–H groups in total. The fraction of sp³-hybridized carbons (Fsp3) is 0.286. The van der Waals surface area contributed by atoms with Crippen LogP contribution in [0.3, 0.4) is 0 Å². The smallest absolute Gasteiger partial charge is 0.245 e. The van der Waals surface area contributed by atoms with Crippen molar-refractivity contribution >= 4 is 26.0 Å². The molecule has 0 aliphatic carbocycles. The van der Waals surface area contributed by atoms with E-state index in [0.29, 0.717) is 0 Å². The van der Waals surface area contributed by atoms with Crippen LogP contribution in [0.5, 0.6) is 0 Å². The molecule has 0 unspecified atom stereocenters. The van der Waals surface area contributed by atoms with Crippen LogP contribution in [0, 0.1) is 0 Å². The van der Waals surface area contributed by atoms with Crippen LogP contribution in [0.1, 0.15) is 23.8 Å². The minimum atomic E-state index is -3.71. The number of halogens is 1. The fourth-order valence-corrected chi connectivity index (χ4v) is 3.99. The number of hydrogen-bond acceptors (Lipinski definition) is 4. The zero-order chi connectivity index (χ0) is 15.5. The van der Waals surface area contributed by atoms with Crippen LogP contribution in [-0.2, 0) is 29.6 Å². The van der Waals surface area contributed by atoms with Crippen LogP contribution in [-0.4, -0.2) is 13.5 Å². The third-order valence-corrected chi connectivity index (χ3v) is 5.36. The molecule has 0 saturated carbocycles. The maximum absolute atomic E-state index is 12.3. The third-order valence-electron chi connectivity index (χ3n) is 3.10. The normalized spacial score (nSPS) is 11.8. The van der Waals surface area contributed by atoms with Crippen molar-refractivity contribution < 1.29 is 17.9 Å². The topological polar surface area (TPSA) is 79.5 Å². The number of hydrogen-bond donors (Lipinski definition) is 2. The summed E-state index contributed by atoms with van der Waals surface area (Å²) in [5, 5.41) is 8.99. The molecule has 0 bridgehead atoms. The molecular weight excluding hydrogens is 358 g/mol. The van der Waals surface area contributed by atoms with Crippen molar-refractivity contribution in [3.05, 3.63) is 51.9 Å². The lowest BCUT2D eigenvalue weighted by atomic mass is 10.1. The van der Waals surface area contributed by atoms with Gasteiger partial charge >= 0.3 is 0 Å². The SMILES string of the molecule is CCc1ccccc1CNS(=O)(=O)c1cc(CO)oc1Br. The molecule has 0 amide bonds. The van der Waals surface area contributed by atoms with Gasteiger partial charge in [-0.1, -0.05) is 31.2 Å². The molecule has 1 aromatic heterocycles. The Balaban J connectivity index is 2.20.